The lowest BCUT2D eigenvalue weighted by Gasteiger charge is -2.35. The maximum atomic E-state index is 12.2. The summed E-state index contributed by atoms with van der Waals surface area (Å²) >= 11 is 1.84. The van der Waals surface area contributed by atoms with Crippen LogP contribution < -0.4 is 10.0 Å². The lowest BCUT2D eigenvalue weighted by molar-refractivity contribution is 0.388. The molecule has 0 bridgehead atoms. The zero-order chi connectivity index (χ0) is 15.2. The second-order valence-electron chi connectivity index (χ2n) is 6.52. The van der Waals surface area contributed by atoms with Crippen molar-refractivity contribution in [3.05, 3.63) is 0 Å². The number of nitrogens with one attached hydrogen (secondary N) is 2. The topological polar surface area (TPSA) is 58.2 Å². The Hall–Kier alpha value is 0.220. The van der Waals surface area contributed by atoms with Crippen LogP contribution in [0.2, 0.25) is 0 Å². The van der Waals surface area contributed by atoms with Crippen molar-refractivity contribution < 1.29 is 8.42 Å². The van der Waals surface area contributed by atoms with Crippen LogP contribution in [0.4, 0.5) is 0 Å². The van der Waals surface area contributed by atoms with Gasteiger partial charge in [0.2, 0.25) is 10.0 Å². The summed E-state index contributed by atoms with van der Waals surface area (Å²) < 4.78 is 27.5. The van der Waals surface area contributed by atoms with Gasteiger partial charge in [0.15, 0.2) is 0 Å². The summed E-state index contributed by atoms with van der Waals surface area (Å²) in [5.41, 5.74) is 0. The molecule has 0 aromatic rings. The fraction of sp³-hybridized carbons (Fsp3) is 1.00. The monoisotopic (exact) mass is 334 g/mol. The molecule has 0 aromatic heterocycles. The Morgan fingerprint density at radius 1 is 1.19 bits per heavy atom. The van der Waals surface area contributed by atoms with Gasteiger partial charge in [-0.05, 0) is 44.9 Å². The fourth-order valence-corrected chi connectivity index (χ4v) is 5.67. The van der Waals surface area contributed by atoms with Crippen LogP contribution in [0.3, 0.4) is 0 Å². The first-order chi connectivity index (χ1) is 10.1. The smallest absolute Gasteiger partial charge is 0.211 e. The van der Waals surface area contributed by atoms with Crippen molar-refractivity contribution in [3.63, 3.8) is 0 Å². The van der Waals surface area contributed by atoms with Crippen molar-refractivity contribution in [2.45, 2.75) is 68.6 Å². The second-order valence-corrected chi connectivity index (χ2v) is 9.72. The van der Waals surface area contributed by atoms with Gasteiger partial charge in [0.25, 0.3) is 0 Å². The van der Waals surface area contributed by atoms with Crippen molar-refractivity contribution >= 4 is 21.8 Å². The predicted molar refractivity (Wildman–Crippen MR) is 91.4 cm³/mol. The molecule has 1 heterocycles. The molecule has 21 heavy (non-hydrogen) atoms. The molecule has 1 unspecified atom stereocenters. The zero-order valence-electron chi connectivity index (χ0n) is 13.2. The molecule has 1 saturated carbocycles. The van der Waals surface area contributed by atoms with E-state index in [1.54, 1.807) is 0 Å². The molecule has 124 valence electrons. The van der Waals surface area contributed by atoms with Gasteiger partial charge in [-0.15, -0.1) is 0 Å². The molecule has 2 N–H and O–H groups in total. The molecule has 4 nitrogen and oxygen atoms in total. The summed E-state index contributed by atoms with van der Waals surface area (Å²) in [6, 6.07) is 0.388. The normalized spacial score (nSPS) is 26.6. The van der Waals surface area contributed by atoms with Crippen LogP contribution in [0, 0.1) is 0 Å². The molecule has 2 fully saturated rings. The van der Waals surface area contributed by atoms with Gasteiger partial charge >= 0.3 is 0 Å². The van der Waals surface area contributed by atoms with E-state index in [9.17, 15) is 8.42 Å². The van der Waals surface area contributed by atoms with Gasteiger partial charge in [0.05, 0.1) is 5.75 Å². The van der Waals surface area contributed by atoms with Gasteiger partial charge in [0, 0.05) is 17.3 Å². The summed E-state index contributed by atoms with van der Waals surface area (Å²) in [5.74, 6) is 0.259. The average molecular weight is 335 g/mol. The summed E-state index contributed by atoms with van der Waals surface area (Å²) in [5, 5.41) is 3.42. The molecule has 2 aliphatic rings. The molecule has 2 rings (SSSR count). The minimum atomic E-state index is -3.13. The first kappa shape index (κ1) is 17.6. The molecule has 1 atom stereocenters. The molecular weight excluding hydrogens is 304 g/mol. The van der Waals surface area contributed by atoms with E-state index in [0.717, 1.165) is 32.2 Å². The van der Waals surface area contributed by atoms with Gasteiger partial charge in [-0.3, -0.25) is 0 Å². The first-order valence-corrected chi connectivity index (χ1v) is 11.2. The van der Waals surface area contributed by atoms with Crippen LogP contribution >= 0.6 is 11.8 Å². The lowest BCUT2D eigenvalue weighted by atomic mass is 9.88. The van der Waals surface area contributed by atoms with E-state index in [4.69, 9.17) is 0 Å². The maximum Gasteiger partial charge on any atom is 0.211 e. The summed E-state index contributed by atoms with van der Waals surface area (Å²) in [6.45, 7) is 1.64. The highest BCUT2D eigenvalue weighted by Gasteiger charge is 2.32. The Morgan fingerprint density at radius 2 is 1.95 bits per heavy atom. The third-order valence-corrected chi connectivity index (χ3v) is 7.74. The maximum absolute atomic E-state index is 12.2. The van der Waals surface area contributed by atoms with Crippen molar-refractivity contribution in [1.82, 2.24) is 10.0 Å². The highest BCUT2D eigenvalue weighted by atomic mass is 32.2. The average Bonchev–Trinajstić information content (AvgIpc) is 2.53. The lowest BCUT2D eigenvalue weighted by Crippen LogP contribution is -2.43. The fourth-order valence-electron chi connectivity index (χ4n) is 3.43. The molecule has 1 aliphatic carbocycles. The predicted octanol–water partition coefficient (Wildman–Crippen LogP) is 2.50. The number of hydrogen-bond donors (Lipinski definition) is 2. The van der Waals surface area contributed by atoms with E-state index in [-0.39, 0.29) is 10.5 Å². The van der Waals surface area contributed by atoms with Gasteiger partial charge < -0.3 is 5.32 Å². The van der Waals surface area contributed by atoms with E-state index in [1.165, 1.54) is 32.1 Å². The van der Waals surface area contributed by atoms with E-state index in [1.807, 2.05) is 11.8 Å². The van der Waals surface area contributed by atoms with Gasteiger partial charge in [0.1, 0.15) is 0 Å². The van der Waals surface area contributed by atoms with Crippen molar-refractivity contribution in [3.8, 4) is 0 Å². The Morgan fingerprint density at radius 3 is 2.57 bits per heavy atom. The van der Waals surface area contributed by atoms with Crippen LogP contribution in [0.5, 0.6) is 0 Å². The quantitative estimate of drug-likeness (QED) is 0.751. The Balaban J connectivity index is 1.77. The van der Waals surface area contributed by atoms with Crippen LogP contribution in [-0.4, -0.2) is 44.3 Å². The highest BCUT2D eigenvalue weighted by Crippen LogP contribution is 2.38. The van der Waals surface area contributed by atoms with Gasteiger partial charge in [-0.25, -0.2) is 13.1 Å². The highest BCUT2D eigenvalue weighted by molar-refractivity contribution is 8.00. The van der Waals surface area contributed by atoms with E-state index in [2.05, 4.69) is 16.3 Å². The molecule has 0 aromatic carbocycles. The summed E-state index contributed by atoms with van der Waals surface area (Å²) in [7, 11) is -3.13. The van der Waals surface area contributed by atoms with Crippen molar-refractivity contribution in [1.29, 1.82) is 0 Å². The SMILES string of the molecule is CSC1(CNS(=O)(=O)CCC2CCCCN2)CCCCC1. The Bertz CT molecular complexity index is 400. The number of thioether (sulfide) groups is 1. The summed E-state index contributed by atoms with van der Waals surface area (Å²) in [6.07, 6.45) is 12.4. The van der Waals surface area contributed by atoms with E-state index < -0.39 is 10.0 Å². The molecule has 0 spiro atoms. The second kappa shape index (κ2) is 8.18. The summed E-state index contributed by atoms with van der Waals surface area (Å²) in [4.78, 5) is 0. The Kier molecular flexibility index (Phi) is 6.84. The number of piperidine rings is 1. The van der Waals surface area contributed by atoms with Crippen LogP contribution in [0.25, 0.3) is 0 Å². The minimum absolute atomic E-state index is 0.133. The van der Waals surface area contributed by atoms with Crippen molar-refractivity contribution in [2.24, 2.45) is 0 Å². The standard InChI is InChI=1S/C15H30N2O2S2/c1-20-15(9-4-2-5-10-15)13-17-21(18,19)12-8-14-7-3-6-11-16-14/h14,16-17H,2-13H2,1H3. The molecule has 1 saturated heterocycles. The number of rotatable bonds is 7. The van der Waals surface area contributed by atoms with Crippen LogP contribution in [-0.2, 0) is 10.0 Å². The van der Waals surface area contributed by atoms with Gasteiger partial charge in [-0.2, -0.15) is 11.8 Å². The third-order valence-electron chi connectivity index (χ3n) is 4.96. The molecular formula is C15H30N2O2S2. The van der Waals surface area contributed by atoms with E-state index in [0.29, 0.717) is 12.6 Å². The molecule has 0 amide bonds. The molecule has 0 radical (unpaired) electrons. The third kappa shape index (κ3) is 5.73. The van der Waals surface area contributed by atoms with E-state index >= 15 is 0 Å². The van der Waals surface area contributed by atoms with Crippen LogP contribution in [0.15, 0.2) is 0 Å². The number of sulfonamides is 1. The van der Waals surface area contributed by atoms with Crippen LogP contribution in [0.1, 0.15) is 57.8 Å². The number of hydrogen-bond acceptors (Lipinski definition) is 4. The molecule has 1 aliphatic heterocycles. The largest absolute Gasteiger partial charge is 0.314 e. The molecule has 6 heteroatoms. The first-order valence-electron chi connectivity index (χ1n) is 8.31. The zero-order valence-corrected chi connectivity index (χ0v) is 14.8. The minimum Gasteiger partial charge on any atom is -0.314 e. The van der Waals surface area contributed by atoms with Gasteiger partial charge in [-0.1, -0.05) is 25.7 Å². The Labute approximate surface area is 134 Å². The van der Waals surface area contributed by atoms with Crippen molar-refractivity contribution in [2.75, 3.05) is 25.1 Å².